The number of rotatable bonds is 8. The number of carbonyl (C=O) groups is 3. The van der Waals surface area contributed by atoms with E-state index in [4.69, 9.17) is 4.74 Å². The molecule has 0 unspecified atom stereocenters. The third kappa shape index (κ3) is 5.55. The molecule has 1 atom stereocenters. The molecule has 0 spiro atoms. The van der Waals surface area contributed by atoms with Crippen molar-refractivity contribution in [1.29, 1.82) is 0 Å². The summed E-state index contributed by atoms with van der Waals surface area (Å²) in [6, 6.07) is 8.46. The summed E-state index contributed by atoms with van der Waals surface area (Å²) in [5, 5.41) is 18.3. The Labute approximate surface area is 170 Å². The van der Waals surface area contributed by atoms with Gasteiger partial charge in [-0.3, -0.25) is 9.59 Å². The van der Waals surface area contributed by atoms with Crippen LogP contribution in [0.5, 0.6) is 0 Å². The van der Waals surface area contributed by atoms with E-state index in [2.05, 4.69) is 20.7 Å². The minimum atomic E-state index is -0.636. The van der Waals surface area contributed by atoms with Gasteiger partial charge in [-0.2, -0.15) is 16.1 Å². The molecular formula is C19H19N5O4S. The van der Waals surface area contributed by atoms with Crippen molar-refractivity contribution < 1.29 is 19.1 Å². The fourth-order valence-corrected chi connectivity index (χ4v) is 3.19. The SMILES string of the molecule is CC(=O)N[C@@H](C)c1ccc(C(=O)COC(=O)Cn2nnc(-c3ccsc3)n2)cc1. The summed E-state index contributed by atoms with van der Waals surface area (Å²) in [6.07, 6.45) is 0. The van der Waals surface area contributed by atoms with Crippen LogP contribution in [0.3, 0.4) is 0 Å². The molecular weight excluding hydrogens is 394 g/mol. The molecule has 1 amide bonds. The van der Waals surface area contributed by atoms with Gasteiger partial charge in [-0.25, -0.2) is 4.79 Å². The normalized spacial score (nSPS) is 11.7. The number of carbonyl (C=O) groups excluding carboxylic acids is 3. The zero-order chi connectivity index (χ0) is 20.8. The molecule has 0 saturated heterocycles. The maximum absolute atomic E-state index is 12.2. The maximum atomic E-state index is 12.2. The molecule has 10 heteroatoms. The van der Waals surface area contributed by atoms with Gasteiger partial charge in [0.05, 0.1) is 6.04 Å². The molecule has 0 aliphatic heterocycles. The predicted octanol–water partition coefficient (Wildman–Crippen LogP) is 2.02. The van der Waals surface area contributed by atoms with Crippen molar-refractivity contribution in [2.45, 2.75) is 26.4 Å². The summed E-state index contributed by atoms with van der Waals surface area (Å²) in [7, 11) is 0. The van der Waals surface area contributed by atoms with Crippen molar-refractivity contribution in [3.63, 3.8) is 0 Å². The summed E-state index contributed by atoms with van der Waals surface area (Å²) < 4.78 is 5.02. The van der Waals surface area contributed by atoms with E-state index < -0.39 is 5.97 Å². The summed E-state index contributed by atoms with van der Waals surface area (Å²) >= 11 is 1.51. The number of Topliss-reactive ketones (excluding diaryl/α,β-unsaturated/α-hetero) is 1. The number of amides is 1. The highest BCUT2D eigenvalue weighted by Gasteiger charge is 2.14. The third-order valence-electron chi connectivity index (χ3n) is 4.02. The number of benzene rings is 1. The van der Waals surface area contributed by atoms with E-state index in [9.17, 15) is 14.4 Å². The van der Waals surface area contributed by atoms with Crippen LogP contribution in [0.4, 0.5) is 0 Å². The number of hydrogen-bond acceptors (Lipinski definition) is 8. The first kappa shape index (κ1) is 20.3. The van der Waals surface area contributed by atoms with Crippen molar-refractivity contribution in [3.8, 4) is 11.4 Å². The Bertz CT molecular complexity index is 998. The second-order valence-corrected chi connectivity index (χ2v) is 7.06. The van der Waals surface area contributed by atoms with Crippen molar-refractivity contribution in [2.75, 3.05) is 6.61 Å². The van der Waals surface area contributed by atoms with E-state index in [0.717, 1.165) is 15.9 Å². The number of thiophene rings is 1. The van der Waals surface area contributed by atoms with Gasteiger partial charge in [0.2, 0.25) is 11.7 Å². The fourth-order valence-electron chi connectivity index (χ4n) is 2.55. The first-order valence-corrected chi connectivity index (χ1v) is 9.73. The van der Waals surface area contributed by atoms with E-state index in [1.807, 2.05) is 23.8 Å². The molecule has 1 N–H and O–H groups in total. The van der Waals surface area contributed by atoms with Gasteiger partial charge in [0.1, 0.15) is 0 Å². The number of nitrogens with one attached hydrogen (secondary N) is 1. The molecule has 3 aromatic rings. The van der Waals surface area contributed by atoms with Crippen LogP contribution in [0.15, 0.2) is 41.1 Å². The van der Waals surface area contributed by atoms with Gasteiger partial charge in [0, 0.05) is 23.4 Å². The molecule has 0 fully saturated rings. The van der Waals surface area contributed by atoms with Crippen molar-refractivity contribution >= 4 is 29.0 Å². The number of tetrazole rings is 1. The van der Waals surface area contributed by atoms with Crippen LogP contribution in [0.2, 0.25) is 0 Å². The molecule has 0 radical (unpaired) electrons. The van der Waals surface area contributed by atoms with Gasteiger partial charge >= 0.3 is 5.97 Å². The first-order chi connectivity index (χ1) is 13.9. The van der Waals surface area contributed by atoms with Crippen molar-refractivity contribution in [2.24, 2.45) is 0 Å². The molecule has 0 aliphatic carbocycles. The lowest BCUT2D eigenvalue weighted by Crippen LogP contribution is -2.23. The van der Waals surface area contributed by atoms with Crippen LogP contribution in [0, 0.1) is 0 Å². The van der Waals surface area contributed by atoms with Crippen molar-refractivity contribution in [3.05, 3.63) is 52.2 Å². The zero-order valence-electron chi connectivity index (χ0n) is 15.9. The summed E-state index contributed by atoms with van der Waals surface area (Å²) in [5.41, 5.74) is 2.10. The Morgan fingerprint density at radius 1 is 1.21 bits per heavy atom. The quantitative estimate of drug-likeness (QED) is 0.444. The molecule has 9 nitrogen and oxygen atoms in total. The lowest BCUT2D eigenvalue weighted by Gasteiger charge is -2.13. The molecule has 0 saturated carbocycles. The standard InChI is InChI=1S/C19H19N5O4S/c1-12(20-13(2)25)14-3-5-15(6-4-14)17(26)10-28-18(27)9-24-22-19(21-23-24)16-7-8-29-11-16/h3-8,11-12H,9-10H2,1-2H3,(H,20,25)/t12-/m0/s1. The second kappa shape index (κ2) is 9.20. The summed E-state index contributed by atoms with van der Waals surface area (Å²) in [4.78, 5) is 36.4. The van der Waals surface area contributed by atoms with Gasteiger partial charge in [-0.05, 0) is 29.1 Å². The third-order valence-corrected chi connectivity index (χ3v) is 4.70. The van der Waals surface area contributed by atoms with Gasteiger partial charge in [0.15, 0.2) is 18.9 Å². The van der Waals surface area contributed by atoms with E-state index >= 15 is 0 Å². The van der Waals surface area contributed by atoms with Crippen molar-refractivity contribution in [1.82, 2.24) is 25.5 Å². The number of nitrogens with zero attached hydrogens (tertiary/aromatic N) is 4. The molecule has 150 valence electrons. The summed E-state index contributed by atoms with van der Waals surface area (Å²) in [6.45, 7) is 2.67. The number of hydrogen-bond donors (Lipinski definition) is 1. The highest BCUT2D eigenvalue weighted by Crippen LogP contribution is 2.16. The van der Waals surface area contributed by atoms with Crippen LogP contribution in [-0.4, -0.2) is 44.5 Å². The van der Waals surface area contributed by atoms with E-state index in [1.165, 1.54) is 18.3 Å². The van der Waals surface area contributed by atoms with Crippen LogP contribution in [0.25, 0.3) is 11.4 Å². The van der Waals surface area contributed by atoms with E-state index in [-0.39, 0.29) is 30.9 Å². The minimum Gasteiger partial charge on any atom is -0.456 e. The monoisotopic (exact) mass is 413 g/mol. The smallest absolute Gasteiger partial charge is 0.330 e. The maximum Gasteiger partial charge on any atom is 0.330 e. The van der Waals surface area contributed by atoms with Gasteiger partial charge in [-0.15, -0.1) is 10.2 Å². The Morgan fingerprint density at radius 3 is 2.62 bits per heavy atom. The highest BCUT2D eigenvalue weighted by atomic mass is 32.1. The molecule has 2 aromatic heterocycles. The molecule has 0 bridgehead atoms. The van der Waals surface area contributed by atoms with E-state index in [0.29, 0.717) is 11.4 Å². The number of ether oxygens (including phenoxy) is 1. The largest absolute Gasteiger partial charge is 0.456 e. The van der Waals surface area contributed by atoms with Crippen LogP contribution in [0.1, 0.15) is 35.8 Å². The molecule has 0 aliphatic rings. The van der Waals surface area contributed by atoms with Crippen LogP contribution < -0.4 is 5.32 Å². The topological polar surface area (TPSA) is 116 Å². The number of aromatic nitrogens is 4. The Morgan fingerprint density at radius 2 is 1.97 bits per heavy atom. The summed E-state index contributed by atoms with van der Waals surface area (Å²) in [5.74, 6) is -0.677. The molecule has 2 heterocycles. The Kier molecular flexibility index (Phi) is 6.45. The number of ketones is 1. The van der Waals surface area contributed by atoms with Gasteiger partial charge in [-0.1, -0.05) is 24.3 Å². The molecule has 1 aromatic carbocycles. The molecule has 3 rings (SSSR count). The second-order valence-electron chi connectivity index (χ2n) is 6.28. The average molecular weight is 413 g/mol. The highest BCUT2D eigenvalue weighted by molar-refractivity contribution is 7.08. The lowest BCUT2D eigenvalue weighted by atomic mass is 10.0. The van der Waals surface area contributed by atoms with Crippen LogP contribution in [-0.2, 0) is 20.9 Å². The zero-order valence-corrected chi connectivity index (χ0v) is 16.7. The Balaban J connectivity index is 1.50. The predicted molar refractivity (Wildman–Crippen MR) is 105 cm³/mol. The average Bonchev–Trinajstić information content (AvgIpc) is 3.37. The van der Waals surface area contributed by atoms with Gasteiger partial charge in [0.25, 0.3) is 0 Å². The lowest BCUT2D eigenvalue weighted by molar-refractivity contribution is -0.143. The minimum absolute atomic E-state index is 0.131. The van der Waals surface area contributed by atoms with Gasteiger partial charge < -0.3 is 10.1 Å². The molecule has 29 heavy (non-hydrogen) atoms. The fraction of sp³-hybridized carbons (Fsp3) is 0.263. The number of esters is 1. The first-order valence-electron chi connectivity index (χ1n) is 8.78. The Hall–Kier alpha value is -3.40. The van der Waals surface area contributed by atoms with E-state index in [1.54, 1.807) is 24.3 Å². The van der Waals surface area contributed by atoms with Crippen LogP contribution >= 0.6 is 11.3 Å².